The maximum Gasteiger partial charge on any atom is 0.433 e. The molecule has 0 aliphatic heterocycles. The number of benzene rings is 1. The molecule has 9 heteroatoms. The second-order valence-electron chi connectivity index (χ2n) is 3.95. The number of nitrogens with one attached hydrogen (secondary N) is 1. The van der Waals surface area contributed by atoms with E-state index < -0.39 is 15.7 Å². The van der Waals surface area contributed by atoms with Gasteiger partial charge in [0.25, 0.3) is 5.69 Å². The number of nitrogens with zero attached hydrogens (tertiary/aromatic N) is 3. The Morgan fingerprint density at radius 1 is 1.19 bits per heavy atom. The zero-order valence-corrected chi connectivity index (χ0v) is 10.5. The summed E-state index contributed by atoms with van der Waals surface area (Å²) in [5.41, 5.74) is 0.106. The average molecular weight is 288 g/mol. The number of rotatable bonds is 5. The van der Waals surface area contributed by atoms with Gasteiger partial charge in [-0.15, -0.1) is 0 Å². The molecule has 1 aromatic carbocycles. The summed E-state index contributed by atoms with van der Waals surface area (Å²) in [4.78, 5) is 20.1. The molecule has 1 aromatic heterocycles. The molecule has 1 heterocycles. The number of furan rings is 1. The van der Waals surface area contributed by atoms with Crippen molar-refractivity contribution in [3.05, 3.63) is 61.9 Å². The molecule has 0 saturated heterocycles. The summed E-state index contributed by atoms with van der Waals surface area (Å²) >= 11 is 0. The van der Waals surface area contributed by atoms with Crippen LogP contribution in [0.4, 0.5) is 17.3 Å². The first kappa shape index (κ1) is 14.0. The third kappa shape index (κ3) is 3.13. The molecule has 2 rings (SSSR count). The quantitative estimate of drug-likeness (QED) is 0.659. The molecule has 0 unspecified atom stereocenters. The normalized spacial score (nSPS) is 9.86. The summed E-state index contributed by atoms with van der Waals surface area (Å²) in [5, 5.41) is 32.9. The first-order valence-electron chi connectivity index (χ1n) is 5.67. The van der Waals surface area contributed by atoms with Crippen LogP contribution in [0.3, 0.4) is 0 Å². The molecule has 0 atom stereocenters. The zero-order valence-electron chi connectivity index (χ0n) is 10.5. The Hall–Kier alpha value is -3.41. The topological polar surface area (TPSA) is 135 Å². The Balaban J connectivity index is 2.17. The second kappa shape index (κ2) is 5.70. The largest absolute Gasteiger partial charge is 0.433 e. The highest BCUT2D eigenvalue weighted by Crippen LogP contribution is 2.26. The Kier molecular flexibility index (Phi) is 3.80. The lowest BCUT2D eigenvalue weighted by Crippen LogP contribution is -2.02. The van der Waals surface area contributed by atoms with Crippen molar-refractivity contribution in [2.24, 2.45) is 0 Å². The van der Waals surface area contributed by atoms with E-state index in [1.807, 2.05) is 6.07 Å². The Labute approximate surface area is 117 Å². The molecular weight excluding hydrogens is 280 g/mol. The van der Waals surface area contributed by atoms with Gasteiger partial charge in [0.05, 0.1) is 29.2 Å². The summed E-state index contributed by atoms with van der Waals surface area (Å²) in [6.07, 6.45) is 0. The van der Waals surface area contributed by atoms with Gasteiger partial charge >= 0.3 is 5.88 Å². The number of nitro benzene ring substituents is 1. The maximum absolute atomic E-state index is 10.9. The van der Waals surface area contributed by atoms with Gasteiger partial charge in [0, 0.05) is 6.07 Å². The van der Waals surface area contributed by atoms with E-state index in [-0.39, 0.29) is 29.2 Å². The molecule has 0 fully saturated rings. The lowest BCUT2D eigenvalue weighted by molar-refractivity contribution is -0.402. The number of anilines is 1. The van der Waals surface area contributed by atoms with Crippen molar-refractivity contribution in [2.75, 3.05) is 5.32 Å². The Bertz CT molecular complexity index is 746. The molecule has 0 aliphatic rings. The van der Waals surface area contributed by atoms with Gasteiger partial charge in [0.15, 0.2) is 0 Å². The van der Waals surface area contributed by atoms with Crippen molar-refractivity contribution in [1.29, 1.82) is 5.26 Å². The average Bonchev–Trinajstić information content (AvgIpc) is 2.94. The van der Waals surface area contributed by atoms with E-state index in [9.17, 15) is 20.2 Å². The third-order valence-electron chi connectivity index (χ3n) is 2.60. The number of nitriles is 1. The van der Waals surface area contributed by atoms with Crippen LogP contribution in [0, 0.1) is 31.6 Å². The molecule has 106 valence electrons. The van der Waals surface area contributed by atoms with Crippen LogP contribution in [-0.4, -0.2) is 9.85 Å². The smallest absolute Gasteiger partial charge is 0.404 e. The fourth-order valence-electron chi connectivity index (χ4n) is 1.64. The highest BCUT2D eigenvalue weighted by atomic mass is 16.6. The van der Waals surface area contributed by atoms with Gasteiger partial charge < -0.3 is 9.73 Å². The van der Waals surface area contributed by atoms with Crippen molar-refractivity contribution >= 4 is 17.3 Å². The van der Waals surface area contributed by atoms with Crippen LogP contribution in [0.5, 0.6) is 0 Å². The van der Waals surface area contributed by atoms with Crippen LogP contribution in [0.2, 0.25) is 0 Å². The van der Waals surface area contributed by atoms with E-state index >= 15 is 0 Å². The van der Waals surface area contributed by atoms with E-state index in [1.54, 1.807) is 0 Å². The van der Waals surface area contributed by atoms with Crippen molar-refractivity contribution in [3.8, 4) is 6.07 Å². The zero-order chi connectivity index (χ0) is 15.4. The van der Waals surface area contributed by atoms with Gasteiger partial charge in [-0.2, -0.15) is 5.26 Å². The highest BCUT2D eigenvalue weighted by Gasteiger charge is 2.16. The molecule has 0 saturated carbocycles. The SMILES string of the molecule is N#Cc1ccc(NCc2ccc([N+](=O)[O-])o2)c([N+](=O)[O-])c1. The minimum atomic E-state index is -0.673. The van der Waals surface area contributed by atoms with E-state index in [0.29, 0.717) is 0 Å². The molecule has 1 N–H and O–H groups in total. The van der Waals surface area contributed by atoms with Crippen molar-refractivity contribution in [2.45, 2.75) is 6.54 Å². The lowest BCUT2D eigenvalue weighted by atomic mass is 10.2. The summed E-state index contributed by atoms with van der Waals surface area (Å²) in [7, 11) is 0. The van der Waals surface area contributed by atoms with Gasteiger partial charge in [-0.05, 0) is 18.2 Å². The van der Waals surface area contributed by atoms with Gasteiger partial charge in [-0.1, -0.05) is 0 Å². The minimum Gasteiger partial charge on any atom is -0.404 e. The predicted octanol–water partition coefficient (Wildman–Crippen LogP) is 2.58. The second-order valence-corrected chi connectivity index (χ2v) is 3.95. The van der Waals surface area contributed by atoms with Crippen LogP contribution in [0.15, 0.2) is 34.7 Å². The van der Waals surface area contributed by atoms with Gasteiger partial charge in [-0.25, -0.2) is 0 Å². The third-order valence-corrected chi connectivity index (χ3v) is 2.60. The minimum absolute atomic E-state index is 0.0422. The standard InChI is InChI=1S/C12H8N4O5/c13-6-8-1-3-10(11(5-8)15(17)18)14-7-9-2-4-12(21-9)16(19)20/h1-5,14H,7H2. The van der Waals surface area contributed by atoms with Crippen LogP contribution in [-0.2, 0) is 6.54 Å². The highest BCUT2D eigenvalue weighted by molar-refractivity contribution is 5.64. The van der Waals surface area contributed by atoms with Gasteiger partial charge in [-0.3, -0.25) is 20.2 Å². The number of nitro groups is 2. The molecule has 0 radical (unpaired) electrons. The maximum atomic E-state index is 10.9. The lowest BCUT2D eigenvalue weighted by Gasteiger charge is -2.05. The molecular formula is C12H8N4O5. The van der Waals surface area contributed by atoms with Crippen molar-refractivity contribution < 1.29 is 14.3 Å². The summed E-state index contributed by atoms with van der Waals surface area (Å²) < 4.78 is 4.93. The molecule has 0 amide bonds. The number of hydrogen-bond donors (Lipinski definition) is 1. The number of hydrogen-bond acceptors (Lipinski definition) is 7. The Morgan fingerprint density at radius 3 is 2.52 bits per heavy atom. The van der Waals surface area contributed by atoms with Crippen molar-refractivity contribution in [1.82, 2.24) is 0 Å². The van der Waals surface area contributed by atoms with Crippen LogP contribution >= 0.6 is 0 Å². The fourth-order valence-corrected chi connectivity index (χ4v) is 1.64. The van der Waals surface area contributed by atoms with Crippen molar-refractivity contribution in [3.63, 3.8) is 0 Å². The molecule has 0 bridgehead atoms. The molecule has 21 heavy (non-hydrogen) atoms. The molecule has 0 aliphatic carbocycles. The van der Waals surface area contributed by atoms with Crippen LogP contribution in [0.1, 0.15) is 11.3 Å². The van der Waals surface area contributed by atoms with E-state index in [0.717, 1.165) is 6.07 Å². The molecule has 2 aromatic rings. The van der Waals surface area contributed by atoms with Gasteiger partial charge in [0.1, 0.15) is 16.4 Å². The first-order valence-corrected chi connectivity index (χ1v) is 5.67. The van der Waals surface area contributed by atoms with E-state index in [4.69, 9.17) is 9.68 Å². The van der Waals surface area contributed by atoms with Crippen LogP contribution < -0.4 is 5.32 Å². The fraction of sp³-hybridized carbons (Fsp3) is 0.0833. The van der Waals surface area contributed by atoms with Gasteiger partial charge in [0.2, 0.25) is 0 Å². The van der Waals surface area contributed by atoms with E-state index in [2.05, 4.69) is 5.32 Å². The summed E-state index contributed by atoms with van der Waals surface area (Å²) in [5.74, 6) is -0.138. The van der Waals surface area contributed by atoms with Crippen LogP contribution in [0.25, 0.3) is 0 Å². The summed E-state index contributed by atoms with van der Waals surface area (Å²) in [6.45, 7) is 0.0422. The molecule has 9 nitrogen and oxygen atoms in total. The first-order chi connectivity index (χ1) is 10.0. The molecule has 0 spiro atoms. The summed E-state index contributed by atoms with van der Waals surface area (Å²) in [6, 6.07) is 8.39. The Morgan fingerprint density at radius 2 is 1.95 bits per heavy atom. The predicted molar refractivity (Wildman–Crippen MR) is 70.5 cm³/mol. The monoisotopic (exact) mass is 288 g/mol. The van der Waals surface area contributed by atoms with E-state index in [1.165, 1.54) is 24.3 Å².